The first kappa shape index (κ1) is 23.3. The van der Waals surface area contributed by atoms with Crippen LogP contribution in [-0.4, -0.2) is 48.0 Å². The van der Waals surface area contributed by atoms with Crippen LogP contribution in [-0.2, 0) is 4.74 Å². The number of nitrogens with one attached hydrogen (secondary N) is 1. The molecule has 1 aliphatic heterocycles. The summed E-state index contributed by atoms with van der Waals surface area (Å²) in [5, 5.41) is 11.9. The van der Waals surface area contributed by atoms with Crippen molar-refractivity contribution in [1.82, 2.24) is 9.88 Å². The van der Waals surface area contributed by atoms with Gasteiger partial charge in [0.2, 0.25) is 5.43 Å². The van der Waals surface area contributed by atoms with Crippen molar-refractivity contribution in [2.75, 3.05) is 31.1 Å². The minimum absolute atomic E-state index is 0.0511. The van der Waals surface area contributed by atoms with E-state index in [0.29, 0.717) is 19.6 Å². The minimum Gasteiger partial charge on any atom is -0.477 e. The Bertz CT molecular complexity index is 1290. The molecule has 2 aromatic rings. The number of alkyl carbamates (subject to hydrolysis) is 1. The van der Waals surface area contributed by atoms with Crippen LogP contribution in [0.4, 0.5) is 19.3 Å². The third kappa shape index (κ3) is 4.15. The highest BCUT2D eigenvalue weighted by molar-refractivity contribution is 5.94. The van der Waals surface area contributed by atoms with Crippen LogP contribution in [0.2, 0.25) is 0 Å². The molecule has 1 aromatic heterocycles. The first-order valence-electron chi connectivity index (χ1n) is 11.9. The molecule has 1 aromatic carbocycles. The number of fused-ring (bicyclic) bond motifs is 2. The quantitative estimate of drug-likeness (QED) is 0.603. The molecule has 2 heterocycles. The van der Waals surface area contributed by atoms with Gasteiger partial charge in [0.25, 0.3) is 0 Å². The van der Waals surface area contributed by atoms with Gasteiger partial charge in [-0.15, -0.1) is 0 Å². The predicted molar refractivity (Wildman–Crippen MR) is 125 cm³/mol. The van der Waals surface area contributed by atoms with Crippen LogP contribution in [0.25, 0.3) is 10.9 Å². The lowest BCUT2D eigenvalue weighted by Gasteiger charge is -2.29. The molecular weight excluding hydrogens is 460 g/mol. The maximum atomic E-state index is 16.0. The van der Waals surface area contributed by atoms with Gasteiger partial charge in [-0.2, -0.15) is 0 Å². The number of halogens is 2. The average molecular weight is 488 g/mol. The van der Waals surface area contributed by atoms with E-state index >= 15 is 8.78 Å². The molecule has 3 unspecified atom stereocenters. The second-order valence-corrected chi connectivity index (χ2v) is 9.49. The molecule has 3 aliphatic rings. The Kier molecular flexibility index (Phi) is 5.98. The molecule has 5 rings (SSSR count). The van der Waals surface area contributed by atoms with Crippen LogP contribution >= 0.6 is 0 Å². The van der Waals surface area contributed by atoms with Gasteiger partial charge in [0.05, 0.1) is 17.5 Å². The molecule has 0 spiro atoms. The van der Waals surface area contributed by atoms with E-state index in [4.69, 9.17) is 4.74 Å². The van der Waals surface area contributed by atoms with E-state index in [0.717, 1.165) is 25.3 Å². The highest BCUT2D eigenvalue weighted by atomic mass is 19.1. The maximum Gasteiger partial charge on any atom is 0.407 e. The number of benzene rings is 1. The van der Waals surface area contributed by atoms with Crippen molar-refractivity contribution < 1.29 is 28.2 Å². The average Bonchev–Trinajstić information content (AvgIpc) is 3.57. The minimum atomic E-state index is -1.42. The third-order valence-corrected chi connectivity index (χ3v) is 7.29. The Morgan fingerprint density at radius 1 is 1.26 bits per heavy atom. The van der Waals surface area contributed by atoms with Gasteiger partial charge in [0, 0.05) is 31.9 Å². The van der Waals surface area contributed by atoms with Crippen molar-refractivity contribution in [2.24, 2.45) is 17.8 Å². The number of rotatable bonds is 6. The predicted octanol–water partition coefficient (Wildman–Crippen LogP) is 3.69. The van der Waals surface area contributed by atoms with E-state index < -0.39 is 34.7 Å². The first-order valence-corrected chi connectivity index (χ1v) is 11.9. The number of hydrogen-bond acceptors (Lipinski definition) is 5. The normalized spacial score (nSPS) is 23.4. The highest BCUT2D eigenvalue weighted by Gasteiger charge is 2.40. The molecule has 1 saturated heterocycles. The van der Waals surface area contributed by atoms with E-state index in [9.17, 15) is 19.5 Å². The van der Waals surface area contributed by atoms with Gasteiger partial charge >= 0.3 is 12.1 Å². The van der Waals surface area contributed by atoms with Gasteiger partial charge in [-0.05, 0) is 50.0 Å². The fourth-order valence-electron chi connectivity index (χ4n) is 5.49. The Morgan fingerprint density at radius 2 is 2.03 bits per heavy atom. The standard InChI is InChI=1S/C25H27F2N3O5/c1-2-35-25(34)28-9-13-4-3-5-14-10-29(11-17(13)14)22-19(26)8-16-21(20(22)27)30(15-6-7-15)12-18(23(16)31)24(32)33/h3,5,8,12-15,17H,2,4,6-7,9-11H2,1H3,(H,28,34)(H,32,33). The number of carboxylic acid groups (broad SMARTS) is 1. The second kappa shape index (κ2) is 8.98. The van der Waals surface area contributed by atoms with Gasteiger partial charge in [0.15, 0.2) is 5.82 Å². The maximum absolute atomic E-state index is 16.0. The first-order chi connectivity index (χ1) is 16.8. The van der Waals surface area contributed by atoms with Crippen LogP contribution in [0.3, 0.4) is 0 Å². The number of amides is 1. The summed E-state index contributed by atoms with van der Waals surface area (Å²) in [6, 6.07) is 0.852. The number of aromatic nitrogens is 1. The number of carbonyl (C=O) groups excluding carboxylic acids is 1. The number of pyridine rings is 1. The smallest absolute Gasteiger partial charge is 0.407 e. The number of nitrogens with zero attached hydrogens (tertiary/aromatic N) is 2. The van der Waals surface area contributed by atoms with Crippen molar-refractivity contribution >= 4 is 28.7 Å². The molecule has 2 fully saturated rings. The monoisotopic (exact) mass is 487 g/mol. The second-order valence-electron chi connectivity index (χ2n) is 9.49. The Morgan fingerprint density at radius 3 is 2.71 bits per heavy atom. The molecule has 1 saturated carbocycles. The van der Waals surface area contributed by atoms with Crippen molar-refractivity contribution in [3.63, 3.8) is 0 Å². The zero-order valence-electron chi connectivity index (χ0n) is 19.3. The van der Waals surface area contributed by atoms with E-state index in [-0.39, 0.29) is 47.0 Å². The molecule has 1 amide bonds. The van der Waals surface area contributed by atoms with Crippen molar-refractivity contribution in [1.29, 1.82) is 0 Å². The van der Waals surface area contributed by atoms with Gasteiger partial charge in [-0.3, -0.25) is 4.79 Å². The molecule has 186 valence electrons. The number of hydrogen-bond donors (Lipinski definition) is 2. The Hall–Kier alpha value is -3.43. The number of carboxylic acids is 1. The summed E-state index contributed by atoms with van der Waals surface area (Å²) in [7, 11) is 0. The van der Waals surface area contributed by atoms with Crippen LogP contribution in [0.15, 0.2) is 29.2 Å². The fraction of sp³-hybridized carbons (Fsp3) is 0.480. The molecule has 0 radical (unpaired) electrons. The molecule has 35 heavy (non-hydrogen) atoms. The van der Waals surface area contributed by atoms with Gasteiger partial charge in [-0.1, -0.05) is 12.2 Å². The number of allylic oxidation sites excluding steroid dienone is 1. The number of ether oxygens (including phenoxy) is 1. The van der Waals surface area contributed by atoms with Crippen molar-refractivity contribution in [3.8, 4) is 0 Å². The lowest BCUT2D eigenvalue weighted by Crippen LogP contribution is -2.36. The van der Waals surface area contributed by atoms with Crippen molar-refractivity contribution in [2.45, 2.75) is 32.2 Å². The summed E-state index contributed by atoms with van der Waals surface area (Å²) in [5.41, 5.74) is -1.64. The summed E-state index contributed by atoms with van der Waals surface area (Å²) in [4.78, 5) is 37.7. The zero-order chi connectivity index (χ0) is 24.9. The third-order valence-electron chi connectivity index (χ3n) is 7.29. The van der Waals surface area contributed by atoms with Gasteiger partial charge < -0.3 is 24.6 Å². The molecule has 8 nitrogen and oxygen atoms in total. The van der Waals surface area contributed by atoms with Crippen LogP contribution in [0.1, 0.15) is 42.6 Å². The van der Waals surface area contributed by atoms with Crippen molar-refractivity contribution in [3.05, 3.63) is 51.8 Å². The number of anilines is 1. The van der Waals surface area contributed by atoms with Gasteiger partial charge in [0.1, 0.15) is 17.1 Å². The summed E-state index contributed by atoms with van der Waals surface area (Å²) in [5.74, 6) is -2.92. The Labute approximate surface area is 200 Å². The van der Waals surface area contributed by atoms with Crippen LogP contribution in [0, 0.1) is 29.4 Å². The molecule has 2 N–H and O–H groups in total. The molecule has 0 bridgehead atoms. The van der Waals surface area contributed by atoms with Crippen LogP contribution < -0.4 is 15.6 Å². The lowest BCUT2D eigenvalue weighted by molar-refractivity contribution is 0.0694. The lowest BCUT2D eigenvalue weighted by atomic mass is 9.78. The van der Waals surface area contributed by atoms with E-state index in [2.05, 4.69) is 11.4 Å². The zero-order valence-corrected chi connectivity index (χ0v) is 19.3. The Balaban J connectivity index is 1.50. The summed E-state index contributed by atoms with van der Waals surface area (Å²) in [6.45, 7) is 3.20. The largest absolute Gasteiger partial charge is 0.477 e. The number of aromatic carboxylic acids is 1. The van der Waals surface area contributed by atoms with E-state index in [1.54, 1.807) is 11.8 Å². The molecule has 2 aliphatic carbocycles. The SMILES string of the molecule is CCOC(=O)NCC1CC=CC2CN(c3c(F)cc4c(=O)c(C(=O)O)cn(C5CC5)c4c3F)CC21. The summed E-state index contributed by atoms with van der Waals surface area (Å²) < 4.78 is 37.7. The fourth-order valence-corrected chi connectivity index (χ4v) is 5.49. The summed E-state index contributed by atoms with van der Waals surface area (Å²) >= 11 is 0. The highest BCUT2D eigenvalue weighted by Crippen LogP contribution is 2.43. The van der Waals surface area contributed by atoms with E-state index in [1.807, 2.05) is 6.08 Å². The van der Waals surface area contributed by atoms with Gasteiger partial charge in [-0.25, -0.2) is 18.4 Å². The number of carbonyl (C=O) groups is 2. The molecule has 3 atom stereocenters. The summed E-state index contributed by atoms with van der Waals surface area (Å²) in [6.07, 6.45) is 6.99. The van der Waals surface area contributed by atoms with E-state index in [1.165, 1.54) is 10.8 Å². The van der Waals surface area contributed by atoms with Crippen LogP contribution in [0.5, 0.6) is 0 Å². The topological polar surface area (TPSA) is 101 Å². The molecular formula is C25H27F2N3O5. The molecule has 10 heteroatoms.